The molecule has 0 saturated carbocycles. The first-order chi connectivity index (χ1) is 13.6. The molecule has 0 aliphatic rings. The van der Waals surface area contributed by atoms with Gasteiger partial charge in [0.2, 0.25) is 0 Å². The van der Waals surface area contributed by atoms with Gasteiger partial charge in [-0.3, -0.25) is 4.90 Å². The van der Waals surface area contributed by atoms with Gasteiger partial charge in [0.15, 0.2) is 5.82 Å². The summed E-state index contributed by atoms with van der Waals surface area (Å²) in [4.78, 5) is 9.40. The number of aliphatic hydroxyl groups is 1. The van der Waals surface area contributed by atoms with Crippen molar-refractivity contribution < 1.29 is 9.84 Å². The molecule has 2 aromatic carbocycles. The molecule has 0 aliphatic carbocycles. The molecule has 28 heavy (non-hydrogen) atoms. The number of allylic oxidation sites excluding steroid dienone is 1. The van der Waals surface area contributed by atoms with E-state index in [4.69, 9.17) is 4.74 Å². The van der Waals surface area contributed by atoms with Crippen LogP contribution in [0.4, 0.5) is 0 Å². The number of rotatable bonds is 8. The van der Waals surface area contributed by atoms with Crippen LogP contribution in [0.25, 0.3) is 16.6 Å². The zero-order valence-corrected chi connectivity index (χ0v) is 15.7. The van der Waals surface area contributed by atoms with Crippen LogP contribution in [-0.4, -0.2) is 40.2 Å². The molecular formula is C22H22N4O2. The van der Waals surface area contributed by atoms with Crippen LogP contribution in [0.5, 0.6) is 5.75 Å². The number of likely N-dealkylation sites (N-methyl/N-ethyl adjacent to an activating group) is 1. The van der Waals surface area contributed by atoms with Gasteiger partial charge in [0, 0.05) is 6.54 Å². The molecule has 0 fully saturated rings. The van der Waals surface area contributed by atoms with Crippen molar-refractivity contribution in [2.45, 2.75) is 6.54 Å². The van der Waals surface area contributed by atoms with E-state index < -0.39 is 0 Å². The summed E-state index contributed by atoms with van der Waals surface area (Å²) in [7, 11) is 1.88. The van der Waals surface area contributed by atoms with Crippen LogP contribution in [0.1, 0.15) is 11.4 Å². The third kappa shape index (κ3) is 4.58. The van der Waals surface area contributed by atoms with E-state index >= 15 is 0 Å². The van der Waals surface area contributed by atoms with E-state index in [1.54, 1.807) is 6.08 Å². The number of nitriles is 1. The van der Waals surface area contributed by atoms with Gasteiger partial charge in [-0.25, -0.2) is 4.98 Å². The fourth-order valence-electron chi connectivity index (χ4n) is 2.87. The van der Waals surface area contributed by atoms with E-state index in [1.807, 2.05) is 60.5 Å². The summed E-state index contributed by atoms with van der Waals surface area (Å²) in [6.45, 7) is 4.94. The molecule has 3 rings (SSSR count). The maximum atomic E-state index is 10.5. The standard InChI is InChI=1S/C22H22N4O2/c1-3-12-28-17-10-8-16(9-11-17)14-26(2)15-21(27)18(13-23)22-24-19-6-4-5-7-20(19)25-22/h3-11,27H,1,12,14-15H2,2H3,(H,24,25)/b21-18-. The molecule has 1 heterocycles. The Hall–Kier alpha value is -3.56. The largest absolute Gasteiger partial charge is 0.509 e. The maximum Gasteiger partial charge on any atom is 0.152 e. The molecule has 0 amide bonds. The Labute approximate surface area is 164 Å². The van der Waals surface area contributed by atoms with Crippen LogP contribution in [0, 0.1) is 11.3 Å². The molecule has 0 aliphatic heterocycles. The van der Waals surface area contributed by atoms with E-state index in [1.165, 1.54) is 0 Å². The first kappa shape index (κ1) is 19.2. The third-order valence-electron chi connectivity index (χ3n) is 4.19. The molecule has 0 bridgehead atoms. The number of ether oxygens (including phenoxy) is 1. The molecule has 1 aromatic heterocycles. The number of para-hydroxylation sites is 2. The second-order valence-electron chi connectivity index (χ2n) is 6.45. The zero-order chi connectivity index (χ0) is 19.9. The van der Waals surface area contributed by atoms with Crippen molar-refractivity contribution in [2.75, 3.05) is 20.2 Å². The van der Waals surface area contributed by atoms with Crippen LogP contribution in [-0.2, 0) is 6.54 Å². The van der Waals surface area contributed by atoms with Crippen molar-refractivity contribution in [3.05, 3.63) is 78.3 Å². The Morgan fingerprint density at radius 2 is 2.04 bits per heavy atom. The number of aliphatic hydroxyl groups excluding tert-OH is 1. The van der Waals surface area contributed by atoms with Crippen LogP contribution >= 0.6 is 0 Å². The number of hydrogen-bond donors (Lipinski definition) is 2. The maximum absolute atomic E-state index is 10.5. The number of imidazole rings is 1. The topological polar surface area (TPSA) is 85.2 Å². The van der Waals surface area contributed by atoms with Crippen molar-refractivity contribution in [3.63, 3.8) is 0 Å². The number of nitrogens with zero attached hydrogens (tertiary/aromatic N) is 3. The van der Waals surface area contributed by atoms with Crippen molar-refractivity contribution in [1.29, 1.82) is 5.26 Å². The third-order valence-corrected chi connectivity index (χ3v) is 4.19. The molecule has 6 heteroatoms. The average molecular weight is 374 g/mol. The molecule has 0 atom stereocenters. The highest BCUT2D eigenvalue weighted by molar-refractivity contribution is 5.82. The van der Waals surface area contributed by atoms with Crippen molar-refractivity contribution in [2.24, 2.45) is 0 Å². The van der Waals surface area contributed by atoms with E-state index in [0.29, 0.717) is 19.0 Å². The Morgan fingerprint density at radius 1 is 1.29 bits per heavy atom. The normalized spacial score (nSPS) is 11.9. The lowest BCUT2D eigenvalue weighted by atomic mass is 10.2. The number of H-pyrrole nitrogens is 1. The fraction of sp³-hybridized carbons (Fsp3) is 0.182. The summed E-state index contributed by atoms with van der Waals surface area (Å²) in [5.74, 6) is 1.14. The van der Waals surface area contributed by atoms with E-state index in [9.17, 15) is 10.4 Å². The van der Waals surface area contributed by atoms with Crippen LogP contribution in [0.15, 0.2) is 66.9 Å². The smallest absolute Gasteiger partial charge is 0.152 e. The average Bonchev–Trinajstić information content (AvgIpc) is 3.11. The molecule has 0 radical (unpaired) electrons. The van der Waals surface area contributed by atoms with Crippen molar-refractivity contribution >= 4 is 16.6 Å². The van der Waals surface area contributed by atoms with Gasteiger partial charge in [0.05, 0.1) is 17.6 Å². The lowest BCUT2D eigenvalue weighted by molar-refractivity contribution is 0.285. The summed E-state index contributed by atoms with van der Waals surface area (Å²) in [6, 6.07) is 17.3. The van der Waals surface area contributed by atoms with Gasteiger partial charge in [0.25, 0.3) is 0 Å². The Kier molecular flexibility index (Phi) is 6.10. The second-order valence-corrected chi connectivity index (χ2v) is 6.45. The van der Waals surface area contributed by atoms with Crippen LogP contribution in [0.3, 0.4) is 0 Å². The molecule has 3 aromatic rings. The summed E-state index contributed by atoms with van der Waals surface area (Å²) in [5.41, 5.74) is 2.80. The van der Waals surface area contributed by atoms with Gasteiger partial charge < -0.3 is 14.8 Å². The number of aromatic amines is 1. The second kappa shape index (κ2) is 8.89. The molecule has 2 N–H and O–H groups in total. The van der Waals surface area contributed by atoms with Gasteiger partial charge in [0.1, 0.15) is 29.8 Å². The minimum Gasteiger partial charge on any atom is -0.509 e. The van der Waals surface area contributed by atoms with Gasteiger partial charge in [-0.1, -0.05) is 36.9 Å². The molecule has 6 nitrogen and oxygen atoms in total. The highest BCUT2D eigenvalue weighted by Crippen LogP contribution is 2.19. The van der Waals surface area contributed by atoms with Crippen LogP contribution < -0.4 is 4.74 Å². The molecule has 0 saturated heterocycles. The molecule has 0 spiro atoms. The van der Waals surface area contributed by atoms with Crippen molar-refractivity contribution in [1.82, 2.24) is 14.9 Å². The minimum atomic E-state index is -0.0185. The minimum absolute atomic E-state index is 0.0185. The summed E-state index contributed by atoms with van der Waals surface area (Å²) in [5, 5.41) is 20.0. The summed E-state index contributed by atoms with van der Waals surface area (Å²) in [6.07, 6.45) is 1.70. The Balaban J connectivity index is 1.69. The number of nitrogens with one attached hydrogen (secondary N) is 1. The zero-order valence-electron chi connectivity index (χ0n) is 15.7. The highest BCUT2D eigenvalue weighted by Gasteiger charge is 2.14. The van der Waals surface area contributed by atoms with Crippen molar-refractivity contribution in [3.8, 4) is 11.8 Å². The predicted octanol–water partition coefficient (Wildman–Crippen LogP) is 4.05. The van der Waals surface area contributed by atoms with E-state index in [0.717, 1.165) is 22.3 Å². The Morgan fingerprint density at radius 3 is 2.71 bits per heavy atom. The first-order valence-electron chi connectivity index (χ1n) is 8.89. The summed E-state index contributed by atoms with van der Waals surface area (Å²) < 4.78 is 5.47. The van der Waals surface area contributed by atoms with Gasteiger partial charge in [-0.05, 0) is 36.9 Å². The molecule has 0 unspecified atom stereocenters. The predicted molar refractivity (Wildman–Crippen MR) is 110 cm³/mol. The Bertz CT molecular complexity index is 996. The monoisotopic (exact) mass is 374 g/mol. The number of fused-ring (bicyclic) bond motifs is 1. The number of hydrogen-bond acceptors (Lipinski definition) is 5. The highest BCUT2D eigenvalue weighted by atomic mass is 16.5. The summed E-state index contributed by atoms with van der Waals surface area (Å²) >= 11 is 0. The number of benzene rings is 2. The molecular weight excluding hydrogens is 352 g/mol. The quantitative estimate of drug-likeness (QED) is 0.353. The first-order valence-corrected chi connectivity index (χ1v) is 8.89. The van der Waals surface area contributed by atoms with Gasteiger partial charge in [-0.2, -0.15) is 5.26 Å². The van der Waals surface area contributed by atoms with Gasteiger partial charge in [-0.15, -0.1) is 0 Å². The lowest BCUT2D eigenvalue weighted by Gasteiger charge is -2.17. The van der Waals surface area contributed by atoms with E-state index in [2.05, 4.69) is 22.6 Å². The number of aromatic nitrogens is 2. The van der Waals surface area contributed by atoms with Crippen LogP contribution in [0.2, 0.25) is 0 Å². The SMILES string of the molecule is C=CCOc1ccc(CN(C)C/C(O)=C(\C#N)c2nc3ccccc3[nH]2)cc1. The van der Waals surface area contributed by atoms with E-state index in [-0.39, 0.29) is 17.9 Å². The molecule has 142 valence electrons. The lowest BCUT2D eigenvalue weighted by Crippen LogP contribution is -2.21. The fourth-order valence-corrected chi connectivity index (χ4v) is 2.87. The van der Waals surface area contributed by atoms with Gasteiger partial charge >= 0.3 is 0 Å².